The van der Waals surface area contributed by atoms with E-state index in [-0.39, 0.29) is 6.61 Å². The van der Waals surface area contributed by atoms with E-state index >= 15 is 9.36 Å². The lowest BCUT2D eigenvalue weighted by atomic mass is 9.86. The van der Waals surface area contributed by atoms with E-state index in [1.165, 1.54) is 0 Å². The van der Waals surface area contributed by atoms with Crippen LogP contribution in [0, 0.1) is 11.8 Å². The summed E-state index contributed by atoms with van der Waals surface area (Å²) in [6, 6.07) is 43.7. The van der Waals surface area contributed by atoms with Gasteiger partial charge < -0.3 is 9.30 Å². The minimum Gasteiger partial charge on any atom is -0.459 e. The zero-order chi connectivity index (χ0) is 31.7. The zero-order valence-electron chi connectivity index (χ0n) is 24.8. The zero-order valence-corrected chi connectivity index (χ0v) is 25.7. The van der Waals surface area contributed by atoms with Gasteiger partial charge in [0.2, 0.25) is 11.8 Å². The molecule has 0 bridgehead atoms. The van der Waals surface area contributed by atoms with Gasteiger partial charge in [-0.25, -0.2) is 9.69 Å². The standard InChI is InChI=1S/C38H31N2O5P/c41-35-32-33(36(42)40(35)29-20-10-3-11-21-29)38(39-34(32)28-18-8-2-9-19-28,37(43)45-26-27-16-6-1-7-17-27)46(44,30-22-12-4-13-23-30)31-24-14-5-15-25-31/h1-25,32-34,39H,26H2/t32-,33-,34-,38+/m0/s1. The number of hydrogen-bond donors (Lipinski definition) is 1. The van der Waals surface area contributed by atoms with Crippen LogP contribution in [-0.4, -0.2) is 23.1 Å². The molecule has 0 aliphatic carbocycles. The molecule has 0 unspecified atom stereocenters. The topological polar surface area (TPSA) is 92.8 Å². The number of anilines is 1. The summed E-state index contributed by atoms with van der Waals surface area (Å²) < 4.78 is 22.4. The Morgan fingerprint density at radius 3 is 1.70 bits per heavy atom. The predicted molar refractivity (Wildman–Crippen MR) is 177 cm³/mol. The summed E-state index contributed by atoms with van der Waals surface area (Å²) in [6.45, 7) is -0.107. The number of nitrogens with zero attached hydrogens (tertiary/aromatic N) is 1. The Hall–Kier alpha value is -5.10. The third-order valence-corrected chi connectivity index (χ3v) is 12.6. The maximum absolute atomic E-state index is 16.4. The quantitative estimate of drug-likeness (QED) is 0.137. The molecule has 2 fully saturated rings. The smallest absolute Gasteiger partial charge is 0.335 e. The highest BCUT2D eigenvalue weighted by molar-refractivity contribution is 7.81. The van der Waals surface area contributed by atoms with Gasteiger partial charge in [-0.05, 0) is 23.3 Å². The summed E-state index contributed by atoms with van der Waals surface area (Å²) in [5.41, 5.74) is 1.81. The summed E-state index contributed by atoms with van der Waals surface area (Å²) in [7, 11) is -4.18. The van der Waals surface area contributed by atoms with E-state index in [9.17, 15) is 9.59 Å². The Labute approximate surface area is 267 Å². The number of fused-ring (bicyclic) bond motifs is 1. The fraction of sp³-hybridized carbons (Fsp3) is 0.132. The minimum atomic E-state index is -4.18. The second-order valence-corrected chi connectivity index (χ2v) is 14.4. The Morgan fingerprint density at radius 1 is 0.674 bits per heavy atom. The number of esters is 1. The fourth-order valence-corrected chi connectivity index (χ4v) is 10.5. The summed E-state index contributed by atoms with van der Waals surface area (Å²) in [4.78, 5) is 45.5. The average Bonchev–Trinajstić information content (AvgIpc) is 3.62. The van der Waals surface area contributed by atoms with Gasteiger partial charge in [0.25, 0.3) is 0 Å². The number of rotatable bonds is 8. The van der Waals surface area contributed by atoms with Crippen molar-refractivity contribution >= 4 is 41.2 Å². The first-order chi connectivity index (χ1) is 22.5. The molecule has 0 radical (unpaired) electrons. The molecule has 2 heterocycles. The van der Waals surface area contributed by atoms with Gasteiger partial charge in [-0.15, -0.1) is 0 Å². The maximum Gasteiger partial charge on any atom is 0.335 e. The molecule has 2 aliphatic rings. The molecule has 2 aliphatic heterocycles. The van der Waals surface area contributed by atoms with Crippen molar-refractivity contribution in [1.29, 1.82) is 0 Å². The molecular weight excluding hydrogens is 595 g/mol. The summed E-state index contributed by atoms with van der Waals surface area (Å²) in [5.74, 6) is -4.30. The van der Waals surface area contributed by atoms with Crippen LogP contribution in [0.2, 0.25) is 0 Å². The van der Waals surface area contributed by atoms with Crippen molar-refractivity contribution in [3.8, 4) is 0 Å². The van der Waals surface area contributed by atoms with Gasteiger partial charge in [0.05, 0.1) is 17.5 Å². The summed E-state index contributed by atoms with van der Waals surface area (Å²) in [6.07, 6.45) is 0. The second kappa shape index (κ2) is 12.0. The molecule has 2 amide bonds. The molecule has 46 heavy (non-hydrogen) atoms. The molecule has 7 rings (SSSR count). The number of hydrogen-bond acceptors (Lipinski definition) is 6. The van der Waals surface area contributed by atoms with Crippen LogP contribution in [0.15, 0.2) is 152 Å². The summed E-state index contributed by atoms with van der Waals surface area (Å²) >= 11 is 0. The molecule has 8 heteroatoms. The number of amides is 2. The van der Waals surface area contributed by atoms with Crippen LogP contribution in [0.5, 0.6) is 0 Å². The number of benzene rings is 5. The van der Waals surface area contributed by atoms with Crippen molar-refractivity contribution in [1.82, 2.24) is 5.32 Å². The molecule has 7 nitrogen and oxygen atoms in total. The molecule has 228 valence electrons. The minimum absolute atomic E-state index is 0.107. The highest BCUT2D eigenvalue weighted by Gasteiger charge is 2.75. The first kappa shape index (κ1) is 29.6. The molecule has 2 saturated heterocycles. The van der Waals surface area contributed by atoms with Crippen LogP contribution < -0.4 is 20.8 Å². The van der Waals surface area contributed by atoms with Crippen molar-refractivity contribution < 1.29 is 23.7 Å². The predicted octanol–water partition coefficient (Wildman–Crippen LogP) is 5.59. The first-order valence-corrected chi connectivity index (χ1v) is 16.9. The van der Waals surface area contributed by atoms with Crippen LogP contribution in [0.1, 0.15) is 17.2 Å². The van der Waals surface area contributed by atoms with Gasteiger partial charge >= 0.3 is 5.97 Å². The Balaban J connectivity index is 1.50. The Morgan fingerprint density at radius 2 is 1.15 bits per heavy atom. The van der Waals surface area contributed by atoms with Crippen LogP contribution in [-0.2, 0) is 30.3 Å². The number of ether oxygens (including phenoxy) is 1. The third kappa shape index (κ3) is 4.63. The lowest BCUT2D eigenvalue weighted by molar-refractivity contribution is -0.151. The van der Waals surface area contributed by atoms with Crippen molar-refractivity contribution in [2.45, 2.75) is 17.9 Å². The highest BCUT2D eigenvalue weighted by Crippen LogP contribution is 2.66. The Kier molecular flexibility index (Phi) is 7.73. The van der Waals surface area contributed by atoms with E-state index in [0.29, 0.717) is 21.9 Å². The van der Waals surface area contributed by atoms with Crippen molar-refractivity contribution in [3.63, 3.8) is 0 Å². The lowest BCUT2D eigenvalue weighted by Gasteiger charge is -2.40. The normalized spacial score (nSPS) is 22.4. The number of carbonyl (C=O) groups excluding carboxylic acids is 3. The van der Waals surface area contributed by atoms with E-state index in [1.54, 1.807) is 91.0 Å². The van der Waals surface area contributed by atoms with Crippen LogP contribution in [0.4, 0.5) is 5.69 Å². The molecule has 4 atom stereocenters. The number of nitrogens with one attached hydrogen (secondary N) is 1. The SMILES string of the molecule is O=C1[C@H]2[C@@H](C(=O)N1c1ccccc1)[C@](C(=O)OCc1ccccc1)(P(=O)(c1ccccc1)c1ccccc1)N[C@H]2c1ccccc1. The van der Waals surface area contributed by atoms with Gasteiger partial charge in [0.15, 0.2) is 12.4 Å². The van der Waals surface area contributed by atoms with Gasteiger partial charge in [0.1, 0.15) is 6.61 Å². The monoisotopic (exact) mass is 626 g/mol. The number of imide groups is 1. The van der Waals surface area contributed by atoms with E-state index in [4.69, 9.17) is 4.74 Å². The largest absolute Gasteiger partial charge is 0.459 e. The van der Waals surface area contributed by atoms with E-state index in [0.717, 1.165) is 10.5 Å². The average molecular weight is 627 g/mol. The van der Waals surface area contributed by atoms with Crippen LogP contribution >= 0.6 is 7.14 Å². The molecule has 5 aromatic rings. The molecule has 0 spiro atoms. The molecule has 0 aromatic heterocycles. The fourth-order valence-electron chi connectivity index (χ4n) is 6.93. The van der Waals surface area contributed by atoms with E-state index in [1.807, 2.05) is 60.7 Å². The first-order valence-electron chi connectivity index (χ1n) is 15.1. The molecule has 5 aromatic carbocycles. The molecule has 0 saturated carbocycles. The summed E-state index contributed by atoms with van der Waals surface area (Å²) in [5, 5.41) is 2.03. The van der Waals surface area contributed by atoms with Gasteiger partial charge in [-0.2, -0.15) is 0 Å². The van der Waals surface area contributed by atoms with E-state index in [2.05, 4.69) is 5.32 Å². The molecular formula is C38H31N2O5P. The third-order valence-electron chi connectivity index (χ3n) is 8.97. The van der Waals surface area contributed by atoms with Crippen LogP contribution in [0.3, 0.4) is 0 Å². The van der Waals surface area contributed by atoms with Gasteiger partial charge in [-0.1, -0.05) is 140 Å². The molecule has 1 N–H and O–H groups in total. The highest BCUT2D eigenvalue weighted by atomic mass is 31.2. The van der Waals surface area contributed by atoms with Gasteiger partial charge in [0, 0.05) is 16.7 Å². The lowest BCUT2D eigenvalue weighted by Crippen LogP contribution is -2.59. The Bertz CT molecular complexity index is 1880. The number of para-hydroxylation sites is 1. The van der Waals surface area contributed by atoms with Crippen molar-refractivity contribution in [3.05, 3.63) is 163 Å². The van der Waals surface area contributed by atoms with E-state index < -0.39 is 48.1 Å². The van der Waals surface area contributed by atoms with Gasteiger partial charge in [-0.3, -0.25) is 14.9 Å². The maximum atomic E-state index is 16.4. The van der Waals surface area contributed by atoms with Crippen molar-refractivity contribution in [2.24, 2.45) is 11.8 Å². The van der Waals surface area contributed by atoms with Crippen molar-refractivity contribution in [2.75, 3.05) is 4.90 Å². The number of carbonyl (C=O) groups is 3. The van der Waals surface area contributed by atoms with Crippen LogP contribution in [0.25, 0.3) is 0 Å². The second-order valence-electron chi connectivity index (χ2n) is 11.5.